The Bertz CT molecular complexity index is 830. The van der Waals surface area contributed by atoms with Gasteiger partial charge in [0.25, 0.3) is 0 Å². The monoisotopic (exact) mass is 295 g/mol. The zero-order valence-corrected chi connectivity index (χ0v) is 11.9. The molecule has 0 bridgehead atoms. The molecule has 3 aromatic carbocycles. The maximum atomic E-state index is 11.3. The highest BCUT2D eigenvalue weighted by Crippen LogP contribution is 2.33. The summed E-state index contributed by atoms with van der Waals surface area (Å²) in [6.45, 7) is 0. The average Bonchev–Trinajstić information content (AvgIpc) is 2.47. The van der Waals surface area contributed by atoms with Gasteiger partial charge in [0.1, 0.15) is 0 Å². The van der Waals surface area contributed by atoms with Crippen LogP contribution >= 0.6 is 11.8 Å². The summed E-state index contributed by atoms with van der Waals surface area (Å²) in [6, 6.07) is 19.0. The lowest BCUT2D eigenvalue weighted by Crippen LogP contribution is -1.99. The molecule has 0 spiro atoms. The Morgan fingerprint density at radius 1 is 0.952 bits per heavy atom. The maximum absolute atomic E-state index is 11.3. The fourth-order valence-electron chi connectivity index (χ4n) is 2.16. The smallest absolute Gasteiger partial charge is 0.336 e. The van der Waals surface area contributed by atoms with Crippen molar-refractivity contribution in [2.24, 2.45) is 0 Å². The molecule has 3 N–H and O–H groups in total. The third-order valence-corrected chi connectivity index (χ3v) is 4.23. The SMILES string of the molecule is Nc1ccc(C(=O)O)c(Sc2ccc3ccccc3c2)c1. The molecule has 0 radical (unpaired) electrons. The molecule has 104 valence electrons. The first-order valence-electron chi connectivity index (χ1n) is 6.43. The van der Waals surface area contributed by atoms with Crippen LogP contribution in [0.25, 0.3) is 10.8 Å². The van der Waals surface area contributed by atoms with Gasteiger partial charge in [-0.1, -0.05) is 42.1 Å². The first-order chi connectivity index (χ1) is 10.1. The van der Waals surface area contributed by atoms with Crippen molar-refractivity contribution >= 4 is 34.2 Å². The number of rotatable bonds is 3. The van der Waals surface area contributed by atoms with Crippen molar-refractivity contribution in [1.82, 2.24) is 0 Å². The van der Waals surface area contributed by atoms with Gasteiger partial charge < -0.3 is 10.8 Å². The van der Waals surface area contributed by atoms with Gasteiger partial charge in [0.2, 0.25) is 0 Å². The minimum absolute atomic E-state index is 0.266. The van der Waals surface area contributed by atoms with Gasteiger partial charge in [0.05, 0.1) is 5.56 Å². The molecule has 0 aliphatic carbocycles. The predicted molar refractivity (Wildman–Crippen MR) is 85.9 cm³/mol. The number of carboxylic acid groups (broad SMARTS) is 1. The van der Waals surface area contributed by atoms with Gasteiger partial charge >= 0.3 is 5.97 Å². The van der Waals surface area contributed by atoms with E-state index in [2.05, 4.69) is 6.07 Å². The molecule has 3 aromatic rings. The molecule has 0 saturated carbocycles. The fraction of sp³-hybridized carbons (Fsp3) is 0. The molecule has 3 nitrogen and oxygen atoms in total. The summed E-state index contributed by atoms with van der Waals surface area (Å²) >= 11 is 1.41. The molecule has 0 fully saturated rings. The van der Waals surface area contributed by atoms with Gasteiger partial charge in [-0.2, -0.15) is 0 Å². The topological polar surface area (TPSA) is 63.3 Å². The molecule has 0 unspecified atom stereocenters. The van der Waals surface area contributed by atoms with E-state index in [0.29, 0.717) is 10.6 Å². The highest BCUT2D eigenvalue weighted by Gasteiger charge is 2.11. The Balaban J connectivity index is 2.02. The van der Waals surface area contributed by atoms with Crippen LogP contribution in [0.2, 0.25) is 0 Å². The number of hydrogen-bond donors (Lipinski definition) is 2. The van der Waals surface area contributed by atoms with Crippen molar-refractivity contribution in [2.75, 3.05) is 5.73 Å². The van der Waals surface area contributed by atoms with E-state index in [9.17, 15) is 9.90 Å². The normalized spacial score (nSPS) is 10.7. The van der Waals surface area contributed by atoms with Crippen molar-refractivity contribution in [3.8, 4) is 0 Å². The van der Waals surface area contributed by atoms with Crippen LogP contribution in [0.5, 0.6) is 0 Å². The van der Waals surface area contributed by atoms with Crippen molar-refractivity contribution in [2.45, 2.75) is 9.79 Å². The molecule has 0 aliphatic heterocycles. The minimum Gasteiger partial charge on any atom is -0.478 e. The third-order valence-electron chi connectivity index (χ3n) is 3.18. The first kappa shape index (κ1) is 13.5. The zero-order valence-electron chi connectivity index (χ0n) is 11.1. The average molecular weight is 295 g/mol. The minimum atomic E-state index is -0.946. The number of benzene rings is 3. The molecule has 0 atom stereocenters. The van der Waals surface area contributed by atoms with Crippen molar-refractivity contribution in [3.05, 3.63) is 66.2 Å². The Morgan fingerprint density at radius 2 is 1.71 bits per heavy atom. The van der Waals surface area contributed by atoms with Crippen LogP contribution in [0.3, 0.4) is 0 Å². The van der Waals surface area contributed by atoms with E-state index in [1.54, 1.807) is 18.2 Å². The Morgan fingerprint density at radius 3 is 2.48 bits per heavy atom. The number of fused-ring (bicyclic) bond motifs is 1. The lowest BCUT2D eigenvalue weighted by atomic mass is 10.1. The van der Waals surface area contributed by atoms with Gasteiger partial charge in [-0.3, -0.25) is 0 Å². The Hall–Kier alpha value is -2.46. The number of nitrogen functional groups attached to an aromatic ring is 1. The summed E-state index contributed by atoms with van der Waals surface area (Å²) < 4.78 is 0. The summed E-state index contributed by atoms with van der Waals surface area (Å²) in [5, 5.41) is 11.5. The predicted octanol–water partition coefficient (Wildman–Crippen LogP) is 4.27. The van der Waals surface area contributed by atoms with Crippen LogP contribution in [0.15, 0.2) is 70.5 Å². The standard InChI is InChI=1S/C17H13NO2S/c18-13-6-8-15(17(19)20)16(10-13)21-14-7-5-11-3-1-2-4-12(11)9-14/h1-10H,18H2,(H,19,20). The van der Waals surface area contributed by atoms with Crippen LogP contribution in [-0.2, 0) is 0 Å². The number of carbonyl (C=O) groups is 1. The van der Waals surface area contributed by atoms with Crippen LogP contribution in [0.1, 0.15) is 10.4 Å². The molecule has 4 heteroatoms. The lowest BCUT2D eigenvalue weighted by molar-refractivity contribution is 0.0693. The number of aromatic carboxylic acids is 1. The molecule has 0 heterocycles. The Kier molecular flexibility index (Phi) is 3.54. The van der Waals surface area contributed by atoms with Crippen molar-refractivity contribution in [3.63, 3.8) is 0 Å². The quantitative estimate of drug-likeness (QED) is 0.708. The highest BCUT2D eigenvalue weighted by atomic mass is 32.2. The lowest BCUT2D eigenvalue weighted by Gasteiger charge is -2.08. The molecule has 0 saturated heterocycles. The molecule has 0 amide bonds. The molecule has 0 aromatic heterocycles. The molecule has 3 rings (SSSR count). The molecule has 0 aliphatic rings. The van der Waals surface area contributed by atoms with Crippen molar-refractivity contribution in [1.29, 1.82) is 0 Å². The van der Waals surface area contributed by atoms with Gasteiger partial charge in [-0.05, 0) is 41.1 Å². The molecule has 21 heavy (non-hydrogen) atoms. The van der Waals surface area contributed by atoms with E-state index in [0.717, 1.165) is 15.7 Å². The van der Waals surface area contributed by atoms with E-state index in [-0.39, 0.29) is 5.56 Å². The Labute approximate surface area is 126 Å². The number of anilines is 1. The zero-order chi connectivity index (χ0) is 14.8. The van der Waals surface area contributed by atoms with Crippen LogP contribution in [0, 0.1) is 0 Å². The second-order valence-corrected chi connectivity index (χ2v) is 5.79. The highest BCUT2D eigenvalue weighted by molar-refractivity contribution is 7.99. The first-order valence-corrected chi connectivity index (χ1v) is 7.24. The second-order valence-electron chi connectivity index (χ2n) is 4.67. The van der Waals surface area contributed by atoms with E-state index in [1.807, 2.05) is 36.4 Å². The molecular weight excluding hydrogens is 282 g/mol. The fourth-order valence-corrected chi connectivity index (χ4v) is 3.19. The second kappa shape index (κ2) is 5.50. The van der Waals surface area contributed by atoms with Gasteiger partial charge in [0, 0.05) is 15.5 Å². The van der Waals surface area contributed by atoms with E-state index in [1.165, 1.54) is 11.8 Å². The van der Waals surface area contributed by atoms with Crippen LogP contribution in [-0.4, -0.2) is 11.1 Å². The summed E-state index contributed by atoms with van der Waals surface area (Å²) in [5.41, 5.74) is 6.59. The van der Waals surface area contributed by atoms with Gasteiger partial charge in [0.15, 0.2) is 0 Å². The van der Waals surface area contributed by atoms with E-state index < -0.39 is 5.97 Å². The molecular formula is C17H13NO2S. The maximum Gasteiger partial charge on any atom is 0.336 e. The van der Waals surface area contributed by atoms with Gasteiger partial charge in [-0.25, -0.2) is 4.79 Å². The number of carboxylic acids is 1. The van der Waals surface area contributed by atoms with E-state index >= 15 is 0 Å². The summed E-state index contributed by atoms with van der Waals surface area (Å²) in [6.07, 6.45) is 0. The largest absolute Gasteiger partial charge is 0.478 e. The summed E-state index contributed by atoms with van der Waals surface area (Å²) in [5.74, 6) is -0.946. The number of nitrogens with two attached hydrogens (primary N) is 1. The van der Waals surface area contributed by atoms with Crippen molar-refractivity contribution < 1.29 is 9.90 Å². The summed E-state index contributed by atoms with van der Waals surface area (Å²) in [7, 11) is 0. The number of hydrogen-bond acceptors (Lipinski definition) is 3. The van der Waals surface area contributed by atoms with Gasteiger partial charge in [-0.15, -0.1) is 0 Å². The third kappa shape index (κ3) is 2.85. The van der Waals surface area contributed by atoms with Crippen LogP contribution in [0.4, 0.5) is 5.69 Å². The summed E-state index contributed by atoms with van der Waals surface area (Å²) in [4.78, 5) is 12.9. The van der Waals surface area contributed by atoms with Crippen LogP contribution < -0.4 is 5.73 Å². The van der Waals surface area contributed by atoms with E-state index in [4.69, 9.17) is 5.73 Å².